The van der Waals surface area contributed by atoms with Gasteiger partial charge in [0.25, 0.3) is 5.69 Å². The van der Waals surface area contributed by atoms with E-state index in [0.717, 1.165) is 12.1 Å². The molecule has 0 spiro atoms. The third-order valence-electron chi connectivity index (χ3n) is 2.35. The first-order valence-electron chi connectivity index (χ1n) is 5.37. The molecule has 0 fully saturated rings. The van der Waals surface area contributed by atoms with Crippen LogP contribution in [0.15, 0.2) is 42.5 Å². The number of hydrogen-bond acceptors (Lipinski definition) is 3. The molecule has 0 saturated carbocycles. The van der Waals surface area contributed by atoms with E-state index >= 15 is 0 Å². The highest BCUT2D eigenvalue weighted by atomic mass is 19.1. The molecule has 0 bridgehead atoms. The maximum atomic E-state index is 13.2. The summed E-state index contributed by atoms with van der Waals surface area (Å²) >= 11 is 0. The Kier molecular flexibility index (Phi) is 3.70. The van der Waals surface area contributed by atoms with Crippen LogP contribution < -0.4 is 4.74 Å². The Bertz CT molecular complexity index is 617. The molecule has 0 radical (unpaired) electrons. The van der Waals surface area contributed by atoms with Crippen LogP contribution in [0.25, 0.3) is 0 Å². The highest BCUT2D eigenvalue weighted by molar-refractivity contribution is 5.35. The average molecular weight is 265 g/mol. The number of nitrogens with zero attached hydrogens (tertiary/aromatic N) is 1. The molecule has 0 atom stereocenters. The van der Waals surface area contributed by atoms with Crippen molar-refractivity contribution in [1.82, 2.24) is 0 Å². The van der Waals surface area contributed by atoms with E-state index in [0.29, 0.717) is 5.56 Å². The van der Waals surface area contributed by atoms with Gasteiger partial charge in [-0.2, -0.15) is 0 Å². The van der Waals surface area contributed by atoms with E-state index in [-0.39, 0.29) is 18.0 Å². The lowest BCUT2D eigenvalue weighted by Crippen LogP contribution is -1.98. The molecule has 0 aromatic heterocycles. The fourth-order valence-corrected chi connectivity index (χ4v) is 1.55. The van der Waals surface area contributed by atoms with E-state index in [1.165, 1.54) is 30.3 Å². The van der Waals surface area contributed by atoms with Crippen LogP contribution in [-0.2, 0) is 6.61 Å². The zero-order valence-electron chi connectivity index (χ0n) is 9.68. The first-order chi connectivity index (χ1) is 9.04. The quantitative estimate of drug-likeness (QED) is 0.628. The highest BCUT2D eigenvalue weighted by Crippen LogP contribution is 2.19. The molecule has 4 nitrogen and oxygen atoms in total. The molecular formula is C13H9F2NO3. The lowest BCUT2D eigenvalue weighted by molar-refractivity contribution is -0.385. The predicted octanol–water partition coefficient (Wildman–Crippen LogP) is 3.45. The van der Waals surface area contributed by atoms with Gasteiger partial charge in [-0.15, -0.1) is 0 Å². The van der Waals surface area contributed by atoms with Crippen LogP contribution in [0.1, 0.15) is 5.56 Å². The third kappa shape index (κ3) is 3.48. The smallest absolute Gasteiger partial charge is 0.272 e. The second-order valence-electron chi connectivity index (χ2n) is 3.82. The van der Waals surface area contributed by atoms with Crippen molar-refractivity contribution < 1.29 is 18.4 Å². The lowest BCUT2D eigenvalue weighted by Gasteiger charge is -2.06. The maximum Gasteiger partial charge on any atom is 0.272 e. The van der Waals surface area contributed by atoms with E-state index in [2.05, 4.69) is 0 Å². The maximum absolute atomic E-state index is 13.2. The summed E-state index contributed by atoms with van der Waals surface area (Å²) in [5, 5.41) is 10.6. The number of nitro benzene ring substituents is 1. The first kappa shape index (κ1) is 12.9. The van der Waals surface area contributed by atoms with Crippen molar-refractivity contribution >= 4 is 5.69 Å². The fourth-order valence-electron chi connectivity index (χ4n) is 1.55. The van der Waals surface area contributed by atoms with Crippen molar-refractivity contribution in [1.29, 1.82) is 0 Å². The van der Waals surface area contributed by atoms with Gasteiger partial charge in [0.05, 0.1) is 11.0 Å². The Hall–Kier alpha value is -2.50. The standard InChI is InChI=1S/C13H9F2NO3/c14-10-2-1-3-13(7-10)19-8-9-4-11(15)6-12(5-9)16(17)18/h1-7H,8H2. The summed E-state index contributed by atoms with van der Waals surface area (Å²) < 4.78 is 31.3. The Labute approximate surface area is 107 Å². The SMILES string of the molecule is O=[N+]([O-])c1cc(F)cc(COc2cccc(F)c2)c1. The molecule has 0 aliphatic carbocycles. The minimum Gasteiger partial charge on any atom is -0.489 e. The zero-order chi connectivity index (χ0) is 13.8. The van der Waals surface area contributed by atoms with Crippen LogP contribution in [0.4, 0.5) is 14.5 Å². The molecular weight excluding hydrogens is 256 g/mol. The van der Waals surface area contributed by atoms with Gasteiger partial charge >= 0.3 is 0 Å². The lowest BCUT2D eigenvalue weighted by atomic mass is 10.2. The van der Waals surface area contributed by atoms with E-state index in [1.54, 1.807) is 0 Å². The van der Waals surface area contributed by atoms with Crippen molar-refractivity contribution in [3.05, 3.63) is 69.8 Å². The van der Waals surface area contributed by atoms with Crippen LogP contribution in [0.3, 0.4) is 0 Å². The Morgan fingerprint density at radius 3 is 2.58 bits per heavy atom. The number of halogens is 2. The summed E-state index contributed by atoms with van der Waals surface area (Å²) in [6.07, 6.45) is 0. The van der Waals surface area contributed by atoms with Gasteiger partial charge in [0.1, 0.15) is 24.0 Å². The van der Waals surface area contributed by atoms with Gasteiger partial charge in [0, 0.05) is 12.1 Å². The molecule has 98 valence electrons. The molecule has 0 heterocycles. The molecule has 0 N–H and O–H groups in total. The summed E-state index contributed by atoms with van der Waals surface area (Å²) in [5.74, 6) is -0.901. The van der Waals surface area contributed by atoms with Gasteiger partial charge in [0.2, 0.25) is 0 Å². The number of non-ortho nitro benzene ring substituents is 1. The Balaban J connectivity index is 2.13. The fraction of sp³-hybridized carbons (Fsp3) is 0.0769. The number of rotatable bonds is 4. The minimum atomic E-state index is -0.716. The van der Waals surface area contributed by atoms with E-state index in [1.807, 2.05) is 0 Å². The summed E-state index contributed by atoms with van der Waals surface area (Å²) in [6.45, 7) is -0.0813. The third-order valence-corrected chi connectivity index (χ3v) is 2.35. The van der Waals surface area contributed by atoms with Crippen LogP contribution in [0, 0.1) is 21.7 Å². The van der Waals surface area contributed by atoms with Gasteiger partial charge in [-0.05, 0) is 23.8 Å². The largest absolute Gasteiger partial charge is 0.489 e. The molecule has 0 aliphatic heterocycles. The first-order valence-corrected chi connectivity index (χ1v) is 5.37. The number of nitro groups is 1. The molecule has 2 aromatic rings. The van der Waals surface area contributed by atoms with Crippen molar-refractivity contribution in [3.63, 3.8) is 0 Å². The van der Waals surface area contributed by atoms with Crippen molar-refractivity contribution in [2.24, 2.45) is 0 Å². The minimum absolute atomic E-state index is 0.0813. The van der Waals surface area contributed by atoms with Gasteiger partial charge in [-0.3, -0.25) is 10.1 Å². The number of ether oxygens (including phenoxy) is 1. The van der Waals surface area contributed by atoms with Crippen molar-refractivity contribution in [3.8, 4) is 5.75 Å². The molecule has 2 aromatic carbocycles. The van der Waals surface area contributed by atoms with E-state index in [4.69, 9.17) is 4.74 Å². The van der Waals surface area contributed by atoms with Crippen LogP contribution >= 0.6 is 0 Å². The van der Waals surface area contributed by atoms with Crippen LogP contribution in [-0.4, -0.2) is 4.92 Å². The predicted molar refractivity (Wildman–Crippen MR) is 63.8 cm³/mol. The number of hydrogen-bond donors (Lipinski definition) is 0. The molecule has 0 amide bonds. The van der Waals surface area contributed by atoms with Gasteiger partial charge in [0.15, 0.2) is 0 Å². The normalized spacial score (nSPS) is 10.2. The van der Waals surface area contributed by atoms with Crippen molar-refractivity contribution in [2.45, 2.75) is 6.61 Å². The monoisotopic (exact) mass is 265 g/mol. The summed E-state index contributed by atoms with van der Waals surface area (Å²) in [7, 11) is 0. The molecule has 0 unspecified atom stereocenters. The van der Waals surface area contributed by atoms with Crippen LogP contribution in [0.5, 0.6) is 5.75 Å². The topological polar surface area (TPSA) is 52.4 Å². The Morgan fingerprint density at radius 2 is 1.89 bits per heavy atom. The second-order valence-corrected chi connectivity index (χ2v) is 3.82. The molecule has 0 aliphatic rings. The molecule has 2 rings (SSSR count). The van der Waals surface area contributed by atoms with Crippen LogP contribution in [0.2, 0.25) is 0 Å². The van der Waals surface area contributed by atoms with Gasteiger partial charge in [-0.1, -0.05) is 6.07 Å². The Morgan fingerprint density at radius 1 is 1.11 bits per heavy atom. The van der Waals surface area contributed by atoms with Gasteiger partial charge < -0.3 is 4.74 Å². The van der Waals surface area contributed by atoms with Crippen molar-refractivity contribution in [2.75, 3.05) is 0 Å². The van der Waals surface area contributed by atoms with Gasteiger partial charge in [-0.25, -0.2) is 8.78 Å². The molecule has 6 heteroatoms. The second kappa shape index (κ2) is 5.43. The molecule has 19 heavy (non-hydrogen) atoms. The van der Waals surface area contributed by atoms with E-state index < -0.39 is 16.6 Å². The molecule has 0 saturated heterocycles. The average Bonchev–Trinajstić information content (AvgIpc) is 2.36. The highest BCUT2D eigenvalue weighted by Gasteiger charge is 2.10. The summed E-state index contributed by atoms with van der Waals surface area (Å²) in [4.78, 5) is 9.89. The zero-order valence-corrected chi connectivity index (χ0v) is 9.68. The van der Waals surface area contributed by atoms with E-state index in [9.17, 15) is 18.9 Å². The summed E-state index contributed by atoms with van der Waals surface area (Å²) in [5.41, 5.74) is -0.0474. The summed E-state index contributed by atoms with van der Waals surface area (Å²) in [6, 6.07) is 8.61. The number of benzene rings is 2.